The Kier molecular flexibility index (Phi) is 4.30. The number of sulfone groups is 1. The van der Waals surface area contributed by atoms with Crippen molar-refractivity contribution in [1.82, 2.24) is 14.8 Å². The normalized spacial score (nSPS) is 24.5. The van der Waals surface area contributed by atoms with E-state index in [0.29, 0.717) is 12.2 Å². The van der Waals surface area contributed by atoms with Crippen LogP contribution in [0.4, 0.5) is 5.82 Å². The first-order valence-corrected chi connectivity index (χ1v) is 11.4. The Morgan fingerprint density at radius 1 is 1.31 bits per heavy atom. The summed E-state index contributed by atoms with van der Waals surface area (Å²) in [5, 5.41) is 12.7. The van der Waals surface area contributed by atoms with Crippen molar-refractivity contribution in [1.29, 1.82) is 0 Å². The molecule has 3 aliphatic rings. The van der Waals surface area contributed by atoms with Crippen LogP contribution in [0.25, 0.3) is 0 Å². The molecule has 1 saturated heterocycles. The number of aryl methyl sites for hydroxylation is 1. The van der Waals surface area contributed by atoms with Crippen LogP contribution in [0.15, 0.2) is 5.10 Å². The summed E-state index contributed by atoms with van der Waals surface area (Å²) in [7, 11) is -1.36. The predicted octanol–water partition coefficient (Wildman–Crippen LogP) is 0.271. The van der Waals surface area contributed by atoms with Gasteiger partial charge in [-0.2, -0.15) is 22.0 Å². The Bertz CT molecular complexity index is 921. The second kappa shape index (κ2) is 6.38. The highest BCUT2D eigenvalue weighted by Gasteiger charge is 2.37. The van der Waals surface area contributed by atoms with Gasteiger partial charge in [0.2, 0.25) is 5.91 Å². The highest BCUT2D eigenvalue weighted by atomic mass is 32.2. The van der Waals surface area contributed by atoms with E-state index in [1.165, 1.54) is 5.01 Å². The number of carbonyl (C=O) groups is 2. The molecule has 4 heterocycles. The number of carbonyl (C=O) groups excluding carboxylic acids is 2. The highest BCUT2D eigenvalue weighted by molar-refractivity contribution is 7.98. The third-order valence-electron chi connectivity index (χ3n) is 4.82. The maximum atomic E-state index is 12.7. The van der Waals surface area contributed by atoms with Crippen LogP contribution in [0.1, 0.15) is 30.5 Å². The van der Waals surface area contributed by atoms with Gasteiger partial charge in [0.05, 0.1) is 23.2 Å². The molecule has 0 spiro atoms. The molecule has 1 fully saturated rings. The van der Waals surface area contributed by atoms with Crippen molar-refractivity contribution >= 4 is 44.9 Å². The van der Waals surface area contributed by atoms with Gasteiger partial charge >= 0.3 is 0 Å². The lowest BCUT2D eigenvalue weighted by Crippen LogP contribution is -2.42. The monoisotopic (exact) mass is 397 g/mol. The first kappa shape index (κ1) is 17.5. The largest absolute Gasteiger partial charge is 0.305 e. The Labute approximate surface area is 155 Å². The molecule has 0 aromatic carbocycles. The number of thioether (sulfide) groups is 1. The van der Waals surface area contributed by atoms with Crippen molar-refractivity contribution in [3.05, 3.63) is 11.3 Å². The van der Waals surface area contributed by atoms with E-state index in [9.17, 15) is 18.0 Å². The molecule has 9 nitrogen and oxygen atoms in total. The van der Waals surface area contributed by atoms with Gasteiger partial charge in [0.1, 0.15) is 11.5 Å². The molecular weight excluding hydrogens is 378 g/mol. The Morgan fingerprint density at radius 3 is 2.85 bits per heavy atom. The van der Waals surface area contributed by atoms with Gasteiger partial charge in [-0.05, 0) is 6.42 Å². The standard InChI is InChI=1S/C15H19N5O4S2/c1-19-14(10-6-25-7-12(10)17-19)16-15(22)11-2-3-13(21)20(18-11)9-4-5-26(23,24)8-9/h9H,2-8H2,1H3,(H,16,22). The minimum Gasteiger partial charge on any atom is -0.305 e. The zero-order valence-electron chi connectivity index (χ0n) is 14.3. The topological polar surface area (TPSA) is 114 Å². The molecular formula is C15H19N5O4S2. The van der Waals surface area contributed by atoms with Gasteiger partial charge in [-0.25, -0.2) is 13.4 Å². The average molecular weight is 397 g/mol. The van der Waals surface area contributed by atoms with E-state index in [1.54, 1.807) is 23.5 Å². The molecule has 2 amide bonds. The molecule has 1 unspecified atom stereocenters. The molecule has 1 atom stereocenters. The molecule has 1 N–H and O–H groups in total. The van der Waals surface area contributed by atoms with Crippen LogP contribution in [-0.2, 0) is 38.0 Å². The Balaban J connectivity index is 1.54. The number of aromatic nitrogens is 2. The van der Waals surface area contributed by atoms with Crippen molar-refractivity contribution in [2.24, 2.45) is 12.1 Å². The van der Waals surface area contributed by atoms with E-state index in [0.717, 1.165) is 22.8 Å². The van der Waals surface area contributed by atoms with Crippen LogP contribution in [0.3, 0.4) is 0 Å². The van der Waals surface area contributed by atoms with Crippen LogP contribution in [0.5, 0.6) is 0 Å². The Hall–Kier alpha value is -1.88. The van der Waals surface area contributed by atoms with Gasteiger partial charge in [0, 0.05) is 37.0 Å². The van der Waals surface area contributed by atoms with E-state index in [4.69, 9.17) is 0 Å². The molecule has 1 aromatic heterocycles. The van der Waals surface area contributed by atoms with Crippen LogP contribution >= 0.6 is 11.8 Å². The molecule has 0 bridgehead atoms. The van der Waals surface area contributed by atoms with E-state index >= 15 is 0 Å². The van der Waals surface area contributed by atoms with Crippen molar-refractivity contribution < 1.29 is 18.0 Å². The van der Waals surface area contributed by atoms with E-state index in [1.807, 2.05) is 0 Å². The van der Waals surface area contributed by atoms with Crippen molar-refractivity contribution in [3.8, 4) is 0 Å². The molecule has 11 heteroatoms. The molecule has 0 aliphatic carbocycles. The van der Waals surface area contributed by atoms with Gasteiger partial charge < -0.3 is 5.32 Å². The number of hydrazone groups is 1. The second-order valence-corrected chi connectivity index (χ2v) is 9.90. The molecule has 1 aromatic rings. The van der Waals surface area contributed by atoms with E-state index in [2.05, 4.69) is 15.5 Å². The molecule has 3 aliphatic heterocycles. The number of rotatable bonds is 3. The number of hydrogen-bond donors (Lipinski definition) is 1. The first-order chi connectivity index (χ1) is 12.3. The van der Waals surface area contributed by atoms with Crippen LogP contribution in [0, 0.1) is 0 Å². The molecule has 4 rings (SSSR count). The second-order valence-electron chi connectivity index (χ2n) is 6.69. The zero-order valence-corrected chi connectivity index (χ0v) is 15.9. The van der Waals surface area contributed by atoms with Crippen molar-refractivity contribution in [2.45, 2.75) is 36.8 Å². The molecule has 140 valence electrons. The Morgan fingerprint density at radius 2 is 2.12 bits per heavy atom. The first-order valence-electron chi connectivity index (χ1n) is 8.38. The summed E-state index contributed by atoms with van der Waals surface area (Å²) < 4.78 is 25.0. The minimum absolute atomic E-state index is 0.0529. The van der Waals surface area contributed by atoms with E-state index in [-0.39, 0.29) is 41.9 Å². The number of anilines is 1. The number of nitrogens with zero attached hydrogens (tertiary/aromatic N) is 4. The summed E-state index contributed by atoms with van der Waals surface area (Å²) in [4.78, 5) is 24.8. The fraction of sp³-hybridized carbons (Fsp3) is 0.600. The van der Waals surface area contributed by atoms with Gasteiger partial charge in [-0.3, -0.25) is 14.3 Å². The summed E-state index contributed by atoms with van der Waals surface area (Å²) in [5.41, 5.74) is 2.25. The van der Waals surface area contributed by atoms with E-state index < -0.39 is 15.9 Å². The SMILES string of the molecule is Cn1nc2c(c1NC(=O)C1=NN(C3CCS(=O)(=O)C3)C(=O)CC1)CSC2. The van der Waals surface area contributed by atoms with Crippen LogP contribution in [-0.4, -0.2) is 58.3 Å². The summed E-state index contributed by atoms with van der Waals surface area (Å²) in [6, 6.07) is -0.479. The maximum Gasteiger partial charge on any atom is 0.273 e. The quantitative estimate of drug-likeness (QED) is 0.783. The van der Waals surface area contributed by atoms with Gasteiger partial charge in [0.25, 0.3) is 5.91 Å². The third kappa shape index (κ3) is 3.13. The zero-order chi connectivity index (χ0) is 18.5. The van der Waals surface area contributed by atoms with Crippen molar-refractivity contribution in [2.75, 3.05) is 16.8 Å². The lowest BCUT2D eigenvalue weighted by atomic mass is 10.1. The lowest BCUT2D eigenvalue weighted by molar-refractivity contribution is -0.133. The lowest BCUT2D eigenvalue weighted by Gasteiger charge is -2.27. The number of fused-ring (bicyclic) bond motifs is 1. The molecule has 26 heavy (non-hydrogen) atoms. The van der Waals surface area contributed by atoms with Crippen LogP contribution < -0.4 is 5.32 Å². The average Bonchev–Trinajstić information content (AvgIpc) is 3.25. The number of amides is 2. The minimum atomic E-state index is -3.14. The van der Waals surface area contributed by atoms with Gasteiger partial charge in [-0.15, -0.1) is 0 Å². The van der Waals surface area contributed by atoms with Crippen LogP contribution in [0.2, 0.25) is 0 Å². The number of hydrogen-bond acceptors (Lipinski definition) is 7. The van der Waals surface area contributed by atoms with Gasteiger partial charge in [0.15, 0.2) is 9.84 Å². The summed E-state index contributed by atoms with van der Waals surface area (Å²) in [6.07, 6.45) is 0.760. The predicted molar refractivity (Wildman–Crippen MR) is 97.4 cm³/mol. The molecule has 0 saturated carbocycles. The smallest absolute Gasteiger partial charge is 0.273 e. The summed E-state index contributed by atoms with van der Waals surface area (Å²) >= 11 is 1.75. The highest BCUT2D eigenvalue weighted by Crippen LogP contribution is 2.34. The fourth-order valence-corrected chi connectivity index (χ4v) is 6.19. The third-order valence-corrected chi connectivity index (χ3v) is 7.54. The van der Waals surface area contributed by atoms with Crippen molar-refractivity contribution in [3.63, 3.8) is 0 Å². The maximum absolute atomic E-state index is 12.7. The fourth-order valence-electron chi connectivity index (χ4n) is 3.47. The number of nitrogens with one attached hydrogen (secondary N) is 1. The molecule has 0 radical (unpaired) electrons. The summed E-state index contributed by atoms with van der Waals surface area (Å²) in [6.45, 7) is 0. The summed E-state index contributed by atoms with van der Waals surface area (Å²) in [5.74, 6) is 1.65. The van der Waals surface area contributed by atoms with Gasteiger partial charge in [-0.1, -0.05) is 0 Å².